The minimum absolute atomic E-state index is 0.0285. The molecule has 0 fully saturated rings. The molecule has 0 bridgehead atoms. The van der Waals surface area contributed by atoms with Crippen molar-refractivity contribution in [3.05, 3.63) is 23.9 Å². The largest absolute Gasteiger partial charge is 0.308 e. The van der Waals surface area contributed by atoms with Crippen LogP contribution >= 0.6 is 0 Å². The summed E-state index contributed by atoms with van der Waals surface area (Å²) in [5, 5.41) is 8.71. The molecule has 5 heteroatoms. The molecule has 1 rings (SSSR count). The minimum atomic E-state index is 0.0285. The van der Waals surface area contributed by atoms with Crippen molar-refractivity contribution in [1.29, 1.82) is 5.26 Å². The Morgan fingerprint density at radius 2 is 2.38 bits per heavy atom. The third-order valence-electron chi connectivity index (χ3n) is 2.19. The maximum absolute atomic E-state index is 8.71. The summed E-state index contributed by atoms with van der Waals surface area (Å²) in [5.74, 6) is 5.96. The SMILES string of the molecule is CC(C#N)CN(C)Cc1cccc(NN)n1. The van der Waals surface area contributed by atoms with E-state index in [2.05, 4.69) is 21.4 Å². The van der Waals surface area contributed by atoms with Gasteiger partial charge in [0, 0.05) is 13.1 Å². The fourth-order valence-electron chi connectivity index (χ4n) is 1.50. The number of aromatic nitrogens is 1. The van der Waals surface area contributed by atoms with Crippen molar-refractivity contribution in [1.82, 2.24) is 9.88 Å². The molecule has 1 aromatic rings. The summed E-state index contributed by atoms with van der Waals surface area (Å²) in [7, 11) is 1.97. The number of nitriles is 1. The average molecular weight is 219 g/mol. The zero-order valence-electron chi connectivity index (χ0n) is 9.64. The van der Waals surface area contributed by atoms with Crippen LogP contribution in [0.5, 0.6) is 0 Å². The summed E-state index contributed by atoms with van der Waals surface area (Å²) in [4.78, 5) is 6.37. The number of pyridine rings is 1. The van der Waals surface area contributed by atoms with Crippen LogP contribution in [-0.2, 0) is 6.54 Å². The molecule has 1 unspecified atom stereocenters. The van der Waals surface area contributed by atoms with Crippen LogP contribution in [0.3, 0.4) is 0 Å². The molecular formula is C11H17N5. The molecule has 5 nitrogen and oxygen atoms in total. The van der Waals surface area contributed by atoms with E-state index in [0.29, 0.717) is 12.4 Å². The first-order chi connectivity index (χ1) is 7.65. The summed E-state index contributed by atoms with van der Waals surface area (Å²) >= 11 is 0. The van der Waals surface area contributed by atoms with Crippen LogP contribution in [0.15, 0.2) is 18.2 Å². The molecule has 0 aliphatic rings. The van der Waals surface area contributed by atoms with Gasteiger partial charge in [0.05, 0.1) is 17.7 Å². The number of rotatable bonds is 5. The molecule has 1 atom stereocenters. The van der Waals surface area contributed by atoms with Crippen LogP contribution in [0, 0.1) is 17.2 Å². The molecule has 86 valence electrons. The van der Waals surface area contributed by atoms with E-state index in [4.69, 9.17) is 11.1 Å². The van der Waals surface area contributed by atoms with Gasteiger partial charge in [-0.15, -0.1) is 0 Å². The molecular weight excluding hydrogens is 202 g/mol. The lowest BCUT2D eigenvalue weighted by atomic mass is 10.2. The van der Waals surface area contributed by atoms with Gasteiger partial charge in [0.25, 0.3) is 0 Å². The Morgan fingerprint density at radius 1 is 1.62 bits per heavy atom. The van der Waals surface area contributed by atoms with Crippen molar-refractivity contribution in [3.63, 3.8) is 0 Å². The molecule has 0 aliphatic carbocycles. The Hall–Kier alpha value is -1.64. The molecule has 16 heavy (non-hydrogen) atoms. The van der Waals surface area contributed by atoms with Crippen molar-refractivity contribution in [2.45, 2.75) is 13.5 Å². The van der Waals surface area contributed by atoms with E-state index in [-0.39, 0.29) is 5.92 Å². The molecule has 1 aromatic heterocycles. The lowest BCUT2D eigenvalue weighted by molar-refractivity contribution is 0.300. The molecule has 0 amide bonds. The van der Waals surface area contributed by atoms with Gasteiger partial charge in [-0.1, -0.05) is 6.07 Å². The van der Waals surface area contributed by atoms with Crippen molar-refractivity contribution >= 4 is 5.82 Å². The van der Waals surface area contributed by atoms with Gasteiger partial charge in [-0.05, 0) is 26.1 Å². The summed E-state index contributed by atoms with van der Waals surface area (Å²) in [6.45, 7) is 3.35. The first kappa shape index (κ1) is 12.4. The lowest BCUT2D eigenvalue weighted by Crippen LogP contribution is -2.24. The van der Waals surface area contributed by atoms with Gasteiger partial charge in [-0.3, -0.25) is 4.90 Å². The maximum Gasteiger partial charge on any atom is 0.140 e. The van der Waals surface area contributed by atoms with Gasteiger partial charge in [0.1, 0.15) is 5.82 Å². The second kappa shape index (κ2) is 6.05. The van der Waals surface area contributed by atoms with E-state index in [1.165, 1.54) is 0 Å². The molecule has 0 aliphatic heterocycles. The predicted octanol–water partition coefficient (Wildman–Crippen LogP) is 0.959. The van der Waals surface area contributed by atoms with Crippen molar-refractivity contribution in [2.24, 2.45) is 11.8 Å². The zero-order valence-corrected chi connectivity index (χ0v) is 9.64. The second-order valence-electron chi connectivity index (χ2n) is 3.89. The minimum Gasteiger partial charge on any atom is -0.308 e. The molecule has 3 N–H and O–H groups in total. The smallest absolute Gasteiger partial charge is 0.140 e. The Kier molecular flexibility index (Phi) is 4.70. The number of hydrogen-bond acceptors (Lipinski definition) is 5. The number of hydrogen-bond donors (Lipinski definition) is 2. The Balaban J connectivity index is 2.56. The van der Waals surface area contributed by atoms with Crippen LogP contribution in [0.25, 0.3) is 0 Å². The Morgan fingerprint density at radius 3 is 3.00 bits per heavy atom. The third-order valence-corrected chi connectivity index (χ3v) is 2.19. The maximum atomic E-state index is 8.71. The van der Waals surface area contributed by atoms with E-state index >= 15 is 0 Å². The highest BCUT2D eigenvalue weighted by molar-refractivity contribution is 5.33. The van der Waals surface area contributed by atoms with Gasteiger partial charge in [0.2, 0.25) is 0 Å². The molecule has 0 aromatic carbocycles. The van der Waals surface area contributed by atoms with Crippen molar-refractivity contribution in [3.8, 4) is 6.07 Å². The summed E-state index contributed by atoms with van der Waals surface area (Å²) in [5.41, 5.74) is 3.44. The second-order valence-corrected chi connectivity index (χ2v) is 3.89. The molecule has 0 saturated heterocycles. The third kappa shape index (κ3) is 3.85. The Labute approximate surface area is 95.9 Å². The van der Waals surface area contributed by atoms with Gasteiger partial charge in [-0.25, -0.2) is 10.8 Å². The molecule has 0 spiro atoms. The highest BCUT2D eigenvalue weighted by Gasteiger charge is 2.06. The molecule has 1 heterocycles. The number of nitrogens with zero attached hydrogens (tertiary/aromatic N) is 3. The van der Waals surface area contributed by atoms with Crippen molar-refractivity contribution in [2.75, 3.05) is 19.0 Å². The zero-order chi connectivity index (χ0) is 12.0. The van der Waals surface area contributed by atoms with Crippen LogP contribution in [0.1, 0.15) is 12.6 Å². The standard InChI is InChI=1S/C11H17N5/c1-9(6-12)7-16(2)8-10-4-3-5-11(14-10)15-13/h3-5,9H,7-8,13H2,1-2H3,(H,14,15). The summed E-state index contributed by atoms with van der Waals surface area (Å²) in [6.07, 6.45) is 0. The van der Waals surface area contributed by atoms with E-state index in [1.54, 1.807) is 6.07 Å². The van der Waals surface area contributed by atoms with Gasteiger partial charge >= 0.3 is 0 Å². The molecule has 0 saturated carbocycles. The van der Waals surface area contributed by atoms with E-state index in [9.17, 15) is 0 Å². The summed E-state index contributed by atoms with van der Waals surface area (Å²) in [6, 6.07) is 7.86. The summed E-state index contributed by atoms with van der Waals surface area (Å²) < 4.78 is 0. The quantitative estimate of drug-likeness (QED) is 0.569. The van der Waals surface area contributed by atoms with Crippen LogP contribution < -0.4 is 11.3 Å². The predicted molar refractivity (Wildman–Crippen MR) is 63.2 cm³/mol. The van der Waals surface area contributed by atoms with Crippen LogP contribution in [0.2, 0.25) is 0 Å². The highest BCUT2D eigenvalue weighted by atomic mass is 15.2. The molecule has 0 radical (unpaired) electrons. The van der Waals surface area contributed by atoms with Gasteiger partial charge in [-0.2, -0.15) is 5.26 Å². The normalized spacial score (nSPS) is 12.2. The van der Waals surface area contributed by atoms with E-state index < -0.39 is 0 Å². The van der Waals surface area contributed by atoms with E-state index in [1.807, 2.05) is 26.1 Å². The van der Waals surface area contributed by atoms with Gasteiger partial charge in [0.15, 0.2) is 0 Å². The fourth-order valence-corrected chi connectivity index (χ4v) is 1.50. The topological polar surface area (TPSA) is 78.0 Å². The van der Waals surface area contributed by atoms with Crippen molar-refractivity contribution < 1.29 is 0 Å². The lowest BCUT2D eigenvalue weighted by Gasteiger charge is -2.17. The number of nitrogens with one attached hydrogen (secondary N) is 1. The number of hydrazine groups is 1. The number of nitrogens with two attached hydrogens (primary N) is 1. The fraction of sp³-hybridized carbons (Fsp3) is 0.455. The van der Waals surface area contributed by atoms with Crippen LogP contribution in [-0.4, -0.2) is 23.5 Å². The first-order valence-corrected chi connectivity index (χ1v) is 5.16. The van der Waals surface area contributed by atoms with Crippen LogP contribution in [0.4, 0.5) is 5.82 Å². The average Bonchev–Trinajstić information content (AvgIpc) is 2.28. The van der Waals surface area contributed by atoms with Gasteiger partial charge < -0.3 is 5.43 Å². The first-order valence-electron chi connectivity index (χ1n) is 5.16. The number of nitrogen functional groups attached to an aromatic ring is 1. The van der Waals surface area contributed by atoms with E-state index in [0.717, 1.165) is 12.2 Å². The number of anilines is 1. The monoisotopic (exact) mass is 219 g/mol. The Bertz CT molecular complexity index is 371. The highest BCUT2D eigenvalue weighted by Crippen LogP contribution is 2.06.